The van der Waals surface area contributed by atoms with Crippen molar-refractivity contribution in [1.82, 2.24) is 9.88 Å². The fourth-order valence-electron chi connectivity index (χ4n) is 6.16. The van der Waals surface area contributed by atoms with Gasteiger partial charge in [0.1, 0.15) is 18.0 Å². The van der Waals surface area contributed by atoms with Crippen molar-refractivity contribution in [3.63, 3.8) is 0 Å². The number of nitriles is 1. The first-order valence-electron chi connectivity index (χ1n) is 10.4. The lowest BCUT2D eigenvalue weighted by atomic mass is 9.53. The van der Waals surface area contributed by atoms with E-state index in [0.29, 0.717) is 47.2 Å². The van der Waals surface area contributed by atoms with Crippen LogP contribution in [-0.4, -0.2) is 51.9 Å². The minimum Gasteiger partial charge on any atom is -0.446 e. The number of pyridine rings is 1. The second kappa shape index (κ2) is 7.03. The lowest BCUT2D eigenvalue weighted by Crippen LogP contribution is -2.58. The van der Waals surface area contributed by atoms with Crippen molar-refractivity contribution in [3.05, 3.63) is 22.8 Å². The molecule has 0 spiro atoms. The number of nitrogens with zero attached hydrogens (tertiary/aromatic N) is 3. The van der Waals surface area contributed by atoms with Crippen LogP contribution in [0.2, 0.25) is 5.02 Å². The molecule has 1 aromatic heterocycles. The summed E-state index contributed by atoms with van der Waals surface area (Å²) in [6.45, 7) is 1.16. The molecular weight excluding hydrogens is 392 g/mol. The Kier molecular flexibility index (Phi) is 4.60. The summed E-state index contributed by atoms with van der Waals surface area (Å²) in [7, 11) is 0. The minimum atomic E-state index is -0.518. The van der Waals surface area contributed by atoms with Crippen LogP contribution in [0, 0.1) is 29.1 Å². The molecule has 3 atom stereocenters. The van der Waals surface area contributed by atoms with Crippen LogP contribution in [0.15, 0.2) is 12.3 Å². The van der Waals surface area contributed by atoms with Crippen molar-refractivity contribution in [3.8, 4) is 6.07 Å². The lowest BCUT2D eigenvalue weighted by Gasteiger charge is -2.57. The molecule has 6 rings (SSSR count). The van der Waals surface area contributed by atoms with Gasteiger partial charge in [0.15, 0.2) is 0 Å². The second-order valence-electron chi connectivity index (χ2n) is 9.28. The Hall–Kier alpha value is -2.04. The molecule has 7 nitrogen and oxygen atoms in total. The van der Waals surface area contributed by atoms with Crippen molar-refractivity contribution < 1.29 is 14.6 Å². The number of likely N-dealkylation sites (tertiary alicyclic amines) is 1. The van der Waals surface area contributed by atoms with Crippen molar-refractivity contribution in [2.75, 3.05) is 18.4 Å². The van der Waals surface area contributed by atoms with Crippen molar-refractivity contribution in [1.29, 1.82) is 5.26 Å². The number of carbonyl (C=O) groups excluding carboxylic acids is 1. The number of hydrogen-bond acceptors (Lipinski definition) is 6. The van der Waals surface area contributed by atoms with Gasteiger partial charge in [-0.3, -0.25) is 0 Å². The van der Waals surface area contributed by atoms with Crippen LogP contribution in [0.4, 0.5) is 10.6 Å². The molecule has 5 fully saturated rings. The lowest BCUT2D eigenvalue weighted by molar-refractivity contribution is -0.177. The number of nitrogens with one attached hydrogen (secondary N) is 1. The van der Waals surface area contributed by atoms with Crippen LogP contribution in [0.1, 0.15) is 44.1 Å². The largest absolute Gasteiger partial charge is 0.446 e. The predicted octanol–water partition coefficient (Wildman–Crippen LogP) is 3.17. The minimum absolute atomic E-state index is 0.0414. The fraction of sp³-hybridized carbons (Fsp3) is 0.667. The Balaban J connectivity index is 1.18. The summed E-state index contributed by atoms with van der Waals surface area (Å²) in [5.74, 6) is 1.72. The molecule has 1 aromatic rings. The average Bonchev–Trinajstić information content (AvgIpc) is 3.13. The van der Waals surface area contributed by atoms with Crippen LogP contribution < -0.4 is 5.32 Å². The molecule has 8 heteroatoms. The van der Waals surface area contributed by atoms with Gasteiger partial charge in [-0.25, -0.2) is 9.78 Å². The zero-order chi connectivity index (χ0) is 20.2. The first-order valence-corrected chi connectivity index (χ1v) is 10.8. The van der Waals surface area contributed by atoms with Gasteiger partial charge in [-0.05, 0) is 62.3 Å². The molecule has 2 N–H and O–H groups in total. The number of hydrogen-bond donors (Lipinski definition) is 2. The number of ether oxygens (including phenoxy) is 1. The Bertz CT molecular complexity index is 856. The van der Waals surface area contributed by atoms with Gasteiger partial charge < -0.3 is 20.1 Å². The number of amides is 1. The van der Waals surface area contributed by atoms with Crippen molar-refractivity contribution in [2.24, 2.45) is 17.8 Å². The van der Waals surface area contributed by atoms with Gasteiger partial charge in [0.05, 0.1) is 16.2 Å². The molecule has 154 valence electrons. The highest BCUT2D eigenvalue weighted by Gasteiger charge is 2.56. The Morgan fingerprint density at radius 1 is 1.38 bits per heavy atom. The summed E-state index contributed by atoms with van der Waals surface area (Å²) < 4.78 is 5.98. The van der Waals surface area contributed by atoms with E-state index in [9.17, 15) is 9.90 Å². The molecule has 1 aliphatic heterocycles. The first kappa shape index (κ1) is 19.0. The average molecular weight is 417 g/mol. The van der Waals surface area contributed by atoms with Crippen LogP contribution in [0.25, 0.3) is 0 Å². The van der Waals surface area contributed by atoms with Gasteiger partial charge in [0.2, 0.25) is 0 Å². The number of aromatic nitrogens is 1. The van der Waals surface area contributed by atoms with E-state index in [1.807, 2.05) is 6.07 Å². The van der Waals surface area contributed by atoms with Gasteiger partial charge in [-0.1, -0.05) is 11.6 Å². The SMILES string of the molecule is N#Cc1cnc(N[C@@H]2CCN(C(=O)OC3C4CC5CC3CC(O)(C5)C4)C2)c(Cl)c1. The Morgan fingerprint density at radius 2 is 2.14 bits per heavy atom. The van der Waals surface area contributed by atoms with Gasteiger partial charge in [-0.2, -0.15) is 5.26 Å². The highest BCUT2D eigenvalue weighted by atomic mass is 35.5. The van der Waals surface area contributed by atoms with Crippen LogP contribution in [0.5, 0.6) is 0 Å². The number of carbonyl (C=O) groups is 1. The maximum absolute atomic E-state index is 12.8. The molecule has 0 aromatic carbocycles. The summed E-state index contributed by atoms with van der Waals surface area (Å²) in [4.78, 5) is 18.8. The third-order valence-electron chi connectivity index (χ3n) is 7.15. The van der Waals surface area contributed by atoms with Crippen LogP contribution >= 0.6 is 11.6 Å². The predicted molar refractivity (Wildman–Crippen MR) is 106 cm³/mol. The number of rotatable bonds is 3. The zero-order valence-electron chi connectivity index (χ0n) is 16.2. The van der Waals surface area contributed by atoms with E-state index in [0.717, 1.165) is 38.5 Å². The highest BCUT2D eigenvalue weighted by molar-refractivity contribution is 6.33. The molecule has 1 amide bonds. The van der Waals surface area contributed by atoms with E-state index >= 15 is 0 Å². The van der Waals surface area contributed by atoms with E-state index in [1.54, 1.807) is 11.0 Å². The van der Waals surface area contributed by atoms with Gasteiger partial charge in [0.25, 0.3) is 0 Å². The van der Waals surface area contributed by atoms with E-state index in [4.69, 9.17) is 21.6 Å². The summed E-state index contributed by atoms with van der Waals surface area (Å²) >= 11 is 6.19. The van der Waals surface area contributed by atoms with Crippen molar-refractivity contribution >= 4 is 23.5 Å². The monoisotopic (exact) mass is 416 g/mol. The number of halogens is 1. The maximum atomic E-state index is 12.8. The van der Waals surface area contributed by atoms with Gasteiger partial charge >= 0.3 is 6.09 Å². The number of anilines is 1. The molecule has 2 heterocycles. The Labute approximate surface area is 175 Å². The summed E-state index contributed by atoms with van der Waals surface area (Å²) in [5, 5.41) is 23.3. The smallest absolute Gasteiger partial charge is 0.410 e. The van der Waals surface area contributed by atoms with E-state index in [-0.39, 0.29) is 18.2 Å². The third kappa shape index (κ3) is 3.53. The Morgan fingerprint density at radius 3 is 2.79 bits per heavy atom. The zero-order valence-corrected chi connectivity index (χ0v) is 16.9. The second-order valence-corrected chi connectivity index (χ2v) is 9.69. The standard InChI is InChI=1S/C21H25ClN4O3/c22-17-5-13(9-23)10-24-19(17)25-16-1-2-26(11-16)20(27)29-18-14-3-12-4-15(18)8-21(28,6-12)7-14/h5,10,12,14-16,18,28H,1-4,6-8,11H2,(H,24,25)/t12?,14?,15?,16-,18?,21?/m1/s1. The molecule has 2 unspecified atom stereocenters. The summed E-state index contributed by atoms with van der Waals surface area (Å²) in [6.07, 6.45) is 6.57. The number of aliphatic hydroxyl groups is 1. The van der Waals surface area contributed by atoms with Crippen molar-refractivity contribution in [2.45, 2.75) is 56.3 Å². The first-order chi connectivity index (χ1) is 13.9. The van der Waals surface area contributed by atoms with Crippen LogP contribution in [-0.2, 0) is 4.74 Å². The highest BCUT2D eigenvalue weighted by Crippen LogP contribution is 2.56. The molecule has 4 bridgehead atoms. The third-order valence-corrected chi connectivity index (χ3v) is 7.44. The molecule has 4 saturated carbocycles. The molecule has 4 aliphatic carbocycles. The summed E-state index contributed by atoms with van der Waals surface area (Å²) in [5.41, 5.74) is -0.104. The summed E-state index contributed by atoms with van der Waals surface area (Å²) in [6, 6.07) is 3.64. The quantitative estimate of drug-likeness (QED) is 0.785. The molecule has 1 saturated heterocycles. The fourth-order valence-corrected chi connectivity index (χ4v) is 6.38. The molecule has 29 heavy (non-hydrogen) atoms. The topological polar surface area (TPSA) is 98.5 Å². The van der Waals surface area contributed by atoms with Gasteiger partial charge in [0, 0.05) is 25.3 Å². The van der Waals surface area contributed by atoms with E-state index < -0.39 is 5.60 Å². The van der Waals surface area contributed by atoms with E-state index in [1.165, 1.54) is 6.20 Å². The molecule has 0 radical (unpaired) electrons. The molecule has 5 aliphatic rings. The maximum Gasteiger partial charge on any atom is 0.410 e. The van der Waals surface area contributed by atoms with Gasteiger partial charge in [-0.15, -0.1) is 0 Å². The van der Waals surface area contributed by atoms with Crippen LogP contribution in [0.3, 0.4) is 0 Å². The van der Waals surface area contributed by atoms with E-state index in [2.05, 4.69) is 10.3 Å². The molecular formula is C21H25ClN4O3. The normalized spacial score (nSPS) is 37.4.